The summed E-state index contributed by atoms with van der Waals surface area (Å²) in [6, 6.07) is 1.98. The van der Waals surface area contributed by atoms with Crippen molar-refractivity contribution in [2.75, 3.05) is 0 Å². The van der Waals surface area contributed by atoms with Gasteiger partial charge in [-0.2, -0.15) is 5.10 Å². The summed E-state index contributed by atoms with van der Waals surface area (Å²) < 4.78 is 1.83. The monoisotopic (exact) mass is 208 g/mol. The number of hydrogen-bond donors (Lipinski definition) is 1. The molecule has 0 spiro atoms. The summed E-state index contributed by atoms with van der Waals surface area (Å²) in [5, 5.41) is 12.9. The van der Waals surface area contributed by atoms with Crippen LogP contribution in [0.5, 0.6) is 0 Å². The summed E-state index contributed by atoms with van der Waals surface area (Å²) in [6.45, 7) is 0. The van der Waals surface area contributed by atoms with Crippen molar-refractivity contribution in [3.05, 3.63) is 18.0 Å². The Morgan fingerprint density at radius 2 is 2.00 bits per heavy atom. The summed E-state index contributed by atoms with van der Waals surface area (Å²) in [5.41, 5.74) is 0.152. The average Bonchev–Trinajstić information content (AvgIpc) is 2.55. The maximum atomic E-state index is 10.7. The van der Waals surface area contributed by atoms with Gasteiger partial charge in [0.25, 0.3) is 0 Å². The third-order valence-corrected chi connectivity index (χ3v) is 3.03. The van der Waals surface area contributed by atoms with Crippen LogP contribution in [0.15, 0.2) is 12.3 Å². The number of carboxylic acids is 1. The van der Waals surface area contributed by atoms with Crippen LogP contribution in [0.4, 0.5) is 0 Å². The highest BCUT2D eigenvalue weighted by Crippen LogP contribution is 2.26. The van der Waals surface area contributed by atoms with Gasteiger partial charge in [0.05, 0.1) is 6.04 Å². The Hall–Kier alpha value is -1.32. The first kappa shape index (κ1) is 10.2. The molecule has 15 heavy (non-hydrogen) atoms. The lowest BCUT2D eigenvalue weighted by molar-refractivity contribution is 0.0689. The zero-order valence-corrected chi connectivity index (χ0v) is 8.72. The summed E-state index contributed by atoms with van der Waals surface area (Å²) >= 11 is 0. The second kappa shape index (κ2) is 4.47. The van der Waals surface area contributed by atoms with Crippen molar-refractivity contribution in [3.63, 3.8) is 0 Å². The van der Waals surface area contributed by atoms with Gasteiger partial charge >= 0.3 is 5.97 Å². The molecule has 0 radical (unpaired) electrons. The van der Waals surface area contributed by atoms with Crippen LogP contribution in [-0.4, -0.2) is 20.9 Å². The van der Waals surface area contributed by atoms with E-state index in [1.807, 2.05) is 4.68 Å². The fourth-order valence-corrected chi connectivity index (χ4v) is 2.18. The van der Waals surface area contributed by atoms with Crippen LogP contribution >= 0.6 is 0 Å². The van der Waals surface area contributed by atoms with Crippen LogP contribution < -0.4 is 0 Å². The molecule has 1 fully saturated rings. The molecule has 1 aliphatic rings. The fourth-order valence-electron chi connectivity index (χ4n) is 2.18. The van der Waals surface area contributed by atoms with Gasteiger partial charge in [0.15, 0.2) is 5.69 Å². The molecule has 0 atom stereocenters. The highest BCUT2D eigenvalue weighted by atomic mass is 16.4. The van der Waals surface area contributed by atoms with Crippen molar-refractivity contribution < 1.29 is 9.90 Å². The lowest BCUT2D eigenvalue weighted by Gasteiger charge is -2.13. The third-order valence-electron chi connectivity index (χ3n) is 3.03. The Morgan fingerprint density at radius 1 is 1.33 bits per heavy atom. The van der Waals surface area contributed by atoms with Crippen molar-refractivity contribution in [2.45, 2.75) is 44.6 Å². The molecule has 82 valence electrons. The minimum atomic E-state index is -0.942. The van der Waals surface area contributed by atoms with Crippen molar-refractivity contribution >= 4 is 5.97 Å². The summed E-state index contributed by atoms with van der Waals surface area (Å²) in [6.07, 6.45) is 9.09. The maximum Gasteiger partial charge on any atom is 0.356 e. The van der Waals surface area contributed by atoms with Gasteiger partial charge in [-0.15, -0.1) is 0 Å². The second-order valence-electron chi connectivity index (χ2n) is 4.13. The van der Waals surface area contributed by atoms with Gasteiger partial charge in [0.2, 0.25) is 0 Å². The van der Waals surface area contributed by atoms with E-state index in [0.717, 1.165) is 12.8 Å². The van der Waals surface area contributed by atoms with Gasteiger partial charge in [-0.05, 0) is 18.9 Å². The molecule has 0 aliphatic heterocycles. The molecule has 0 aromatic carbocycles. The van der Waals surface area contributed by atoms with Crippen LogP contribution in [0.3, 0.4) is 0 Å². The van der Waals surface area contributed by atoms with E-state index < -0.39 is 5.97 Å². The zero-order valence-electron chi connectivity index (χ0n) is 8.72. The average molecular weight is 208 g/mol. The van der Waals surface area contributed by atoms with Crippen LogP contribution in [0.25, 0.3) is 0 Å². The maximum absolute atomic E-state index is 10.7. The smallest absolute Gasteiger partial charge is 0.356 e. The largest absolute Gasteiger partial charge is 0.476 e. The summed E-state index contributed by atoms with van der Waals surface area (Å²) in [5.74, 6) is -0.942. The van der Waals surface area contributed by atoms with E-state index in [-0.39, 0.29) is 5.69 Å². The minimum absolute atomic E-state index is 0.152. The molecule has 1 aromatic rings. The molecule has 1 aromatic heterocycles. The lowest BCUT2D eigenvalue weighted by atomic mass is 10.1. The summed E-state index contributed by atoms with van der Waals surface area (Å²) in [4.78, 5) is 10.7. The number of rotatable bonds is 2. The highest BCUT2D eigenvalue weighted by molar-refractivity contribution is 5.85. The van der Waals surface area contributed by atoms with Crippen molar-refractivity contribution in [1.82, 2.24) is 9.78 Å². The molecule has 2 rings (SSSR count). The molecule has 1 saturated carbocycles. The van der Waals surface area contributed by atoms with Gasteiger partial charge in [-0.1, -0.05) is 25.7 Å². The van der Waals surface area contributed by atoms with Crippen LogP contribution in [-0.2, 0) is 0 Å². The minimum Gasteiger partial charge on any atom is -0.476 e. The van der Waals surface area contributed by atoms with Gasteiger partial charge in [0, 0.05) is 6.20 Å². The number of aromatic carboxylic acids is 1. The van der Waals surface area contributed by atoms with Gasteiger partial charge < -0.3 is 5.11 Å². The normalized spacial score (nSPS) is 18.7. The van der Waals surface area contributed by atoms with Crippen molar-refractivity contribution in [1.29, 1.82) is 0 Å². The van der Waals surface area contributed by atoms with Gasteiger partial charge in [0.1, 0.15) is 0 Å². The highest BCUT2D eigenvalue weighted by Gasteiger charge is 2.16. The van der Waals surface area contributed by atoms with Crippen LogP contribution in [0.2, 0.25) is 0 Å². The molecule has 1 heterocycles. The number of carbonyl (C=O) groups is 1. The molecule has 0 amide bonds. The zero-order chi connectivity index (χ0) is 10.7. The number of hydrogen-bond acceptors (Lipinski definition) is 2. The van der Waals surface area contributed by atoms with E-state index in [1.54, 1.807) is 12.3 Å². The molecular formula is C11H16N2O2. The molecule has 0 saturated heterocycles. The van der Waals surface area contributed by atoms with Crippen molar-refractivity contribution in [2.24, 2.45) is 0 Å². The van der Waals surface area contributed by atoms with E-state index in [0.29, 0.717) is 6.04 Å². The van der Waals surface area contributed by atoms with E-state index in [2.05, 4.69) is 5.10 Å². The van der Waals surface area contributed by atoms with Gasteiger partial charge in [-0.25, -0.2) is 4.79 Å². The van der Waals surface area contributed by atoms with E-state index >= 15 is 0 Å². The van der Waals surface area contributed by atoms with Crippen LogP contribution in [0, 0.1) is 0 Å². The Labute approximate surface area is 88.9 Å². The standard InChI is InChI=1S/C11H16N2O2/c14-11(15)10-7-8-13(12-10)9-5-3-1-2-4-6-9/h7-9H,1-6H2,(H,14,15). The topological polar surface area (TPSA) is 55.1 Å². The quantitative estimate of drug-likeness (QED) is 0.759. The molecule has 0 bridgehead atoms. The van der Waals surface area contributed by atoms with Crippen LogP contribution in [0.1, 0.15) is 55.1 Å². The van der Waals surface area contributed by atoms with Crippen molar-refractivity contribution in [3.8, 4) is 0 Å². The Morgan fingerprint density at radius 3 is 2.53 bits per heavy atom. The van der Waals surface area contributed by atoms with E-state index in [9.17, 15) is 4.79 Å². The van der Waals surface area contributed by atoms with E-state index in [1.165, 1.54) is 25.7 Å². The Kier molecular flexibility index (Phi) is 3.04. The molecular weight excluding hydrogens is 192 g/mol. The first-order chi connectivity index (χ1) is 7.27. The first-order valence-electron chi connectivity index (χ1n) is 5.56. The lowest BCUT2D eigenvalue weighted by Crippen LogP contribution is -2.10. The second-order valence-corrected chi connectivity index (χ2v) is 4.13. The number of nitrogens with zero attached hydrogens (tertiary/aromatic N) is 2. The predicted molar refractivity (Wildman–Crippen MR) is 55.9 cm³/mol. The first-order valence-corrected chi connectivity index (χ1v) is 5.56. The van der Waals surface area contributed by atoms with E-state index in [4.69, 9.17) is 5.11 Å². The fraction of sp³-hybridized carbons (Fsp3) is 0.636. The SMILES string of the molecule is O=C(O)c1ccn(C2CCCCCC2)n1. The molecule has 1 aliphatic carbocycles. The molecule has 4 nitrogen and oxygen atoms in total. The summed E-state index contributed by atoms with van der Waals surface area (Å²) in [7, 11) is 0. The third kappa shape index (κ3) is 2.37. The molecule has 1 N–H and O–H groups in total. The molecule has 4 heteroatoms. The van der Waals surface area contributed by atoms with Gasteiger partial charge in [-0.3, -0.25) is 4.68 Å². The Balaban J connectivity index is 2.10. The number of aromatic nitrogens is 2. The Bertz CT molecular complexity index is 338. The number of carboxylic acid groups (broad SMARTS) is 1. The molecule has 0 unspecified atom stereocenters. The predicted octanol–water partition coefficient (Wildman–Crippen LogP) is 2.48.